The second-order valence-corrected chi connectivity index (χ2v) is 7.03. The summed E-state index contributed by atoms with van der Waals surface area (Å²) in [7, 11) is 1.31. The average molecular weight is 396 g/mol. The van der Waals surface area contributed by atoms with Crippen LogP contribution < -0.4 is 10.1 Å². The second-order valence-electron chi connectivity index (χ2n) is 6.18. The fourth-order valence-corrected chi connectivity index (χ4v) is 3.32. The molecule has 0 aliphatic heterocycles. The molecule has 1 aromatic heterocycles. The number of aryl methyl sites for hydroxylation is 2. The molecule has 0 aliphatic carbocycles. The van der Waals surface area contributed by atoms with Crippen LogP contribution in [0.4, 0.5) is 5.69 Å². The zero-order valence-corrected chi connectivity index (χ0v) is 16.6. The Morgan fingerprint density at radius 1 is 1.11 bits per heavy atom. The first kappa shape index (κ1) is 19.6. The van der Waals surface area contributed by atoms with Crippen molar-refractivity contribution in [3.05, 3.63) is 64.7 Å². The SMILES string of the molecule is COC(=O)c1ccc(C)c(NC(=O)COc2ccc(-c3nc(C)cs3)cc2)c1. The standard InChI is InChI=1S/C21H20N2O4S/c1-13-4-5-16(21(25)26-3)10-18(13)23-19(24)11-27-17-8-6-15(7-9-17)20-22-14(2)12-28-20/h4-10,12H,11H2,1-3H3,(H,23,24). The maximum atomic E-state index is 12.2. The minimum Gasteiger partial charge on any atom is -0.484 e. The summed E-state index contributed by atoms with van der Waals surface area (Å²) in [6.07, 6.45) is 0. The normalized spacial score (nSPS) is 10.4. The van der Waals surface area contributed by atoms with Gasteiger partial charge in [-0.3, -0.25) is 4.79 Å². The third kappa shape index (κ3) is 4.75. The minimum atomic E-state index is -0.456. The molecule has 28 heavy (non-hydrogen) atoms. The molecule has 0 radical (unpaired) electrons. The van der Waals surface area contributed by atoms with Gasteiger partial charge in [0.2, 0.25) is 0 Å². The van der Waals surface area contributed by atoms with Gasteiger partial charge < -0.3 is 14.8 Å². The van der Waals surface area contributed by atoms with E-state index < -0.39 is 5.97 Å². The summed E-state index contributed by atoms with van der Waals surface area (Å²) in [6, 6.07) is 12.4. The van der Waals surface area contributed by atoms with Crippen molar-refractivity contribution in [2.24, 2.45) is 0 Å². The van der Waals surface area contributed by atoms with E-state index in [0.29, 0.717) is 17.0 Å². The molecular formula is C21H20N2O4S. The first-order chi connectivity index (χ1) is 13.5. The Morgan fingerprint density at radius 2 is 1.86 bits per heavy atom. The lowest BCUT2D eigenvalue weighted by Gasteiger charge is -2.11. The van der Waals surface area contributed by atoms with Crippen LogP contribution in [0.1, 0.15) is 21.6 Å². The first-order valence-corrected chi connectivity index (χ1v) is 9.48. The van der Waals surface area contributed by atoms with Gasteiger partial charge in [0.25, 0.3) is 5.91 Å². The molecule has 6 nitrogen and oxygen atoms in total. The van der Waals surface area contributed by atoms with Crippen LogP contribution >= 0.6 is 11.3 Å². The van der Waals surface area contributed by atoms with Gasteiger partial charge in [-0.05, 0) is 55.8 Å². The summed E-state index contributed by atoms with van der Waals surface area (Å²) in [5.74, 6) is -0.181. The van der Waals surface area contributed by atoms with E-state index in [1.165, 1.54) is 7.11 Å². The molecule has 0 bridgehead atoms. The van der Waals surface area contributed by atoms with Crippen LogP contribution in [-0.2, 0) is 9.53 Å². The molecule has 3 rings (SSSR count). The quantitative estimate of drug-likeness (QED) is 0.631. The van der Waals surface area contributed by atoms with Crippen molar-refractivity contribution in [3.63, 3.8) is 0 Å². The van der Waals surface area contributed by atoms with E-state index >= 15 is 0 Å². The number of aromatic nitrogens is 1. The highest BCUT2D eigenvalue weighted by Gasteiger charge is 2.11. The number of hydrogen-bond acceptors (Lipinski definition) is 6. The van der Waals surface area contributed by atoms with Crippen molar-refractivity contribution in [3.8, 4) is 16.3 Å². The highest BCUT2D eigenvalue weighted by Crippen LogP contribution is 2.25. The van der Waals surface area contributed by atoms with E-state index in [2.05, 4.69) is 10.3 Å². The number of esters is 1. The summed E-state index contributed by atoms with van der Waals surface area (Å²) in [5.41, 5.74) is 3.75. The fraction of sp³-hybridized carbons (Fsp3) is 0.190. The van der Waals surface area contributed by atoms with Gasteiger partial charge in [0, 0.05) is 22.3 Å². The molecule has 1 amide bonds. The molecule has 1 heterocycles. The van der Waals surface area contributed by atoms with Crippen LogP contribution in [0.25, 0.3) is 10.6 Å². The van der Waals surface area contributed by atoms with Crippen molar-refractivity contribution in [1.29, 1.82) is 0 Å². The highest BCUT2D eigenvalue weighted by molar-refractivity contribution is 7.13. The third-order valence-corrected chi connectivity index (χ3v) is 5.03. The number of carbonyl (C=O) groups is 2. The van der Waals surface area contributed by atoms with E-state index in [1.54, 1.807) is 29.5 Å². The lowest BCUT2D eigenvalue weighted by molar-refractivity contribution is -0.118. The number of rotatable bonds is 6. The van der Waals surface area contributed by atoms with Crippen molar-refractivity contribution < 1.29 is 19.1 Å². The molecule has 2 aromatic carbocycles. The second kappa shape index (κ2) is 8.67. The zero-order chi connectivity index (χ0) is 20.1. The predicted molar refractivity (Wildman–Crippen MR) is 109 cm³/mol. The van der Waals surface area contributed by atoms with Crippen LogP contribution in [0.15, 0.2) is 47.8 Å². The van der Waals surface area contributed by atoms with E-state index in [0.717, 1.165) is 21.8 Å². The number of benzene rings is 2. The molecule has 0 spiro atoms. The van der Waals surface area contributed by atoms with Crippen molar-refractivity contribution in [2.45, 2.75) is 13.8 Å². The zero-order valence-electron chi connectivity index (χ0n) is 15.8. The monoisotopic (exact) mass is 396 g/mol. The Hall–Kier alpha value is -3.19. The Balaban J connectivity index is 1.59. The number of thiazole rings is 1. The topological polar surface area (TPSA) is 77.5 Å². The fourth-order valence-electron chi connectivity index (χ4n) is 2.52. The van der Waals surface area contributed by atoms with E-state index in [1.807, 2.05) is 43.5 Å². The summed E-state index contributed by atoms with van der Waals surface area (Å²) in [5, 5.41) is 5.71. The first-order valence-electron chi connectivity index (χ1n) is 8.60. The predicted octanol–water partition coefficient (Wildman–Crippen LogP) is 4.23. The summed E-state index contributed by atoms with van der Waals surface area (Å²) in [6.45, 7) is 3.66. The maximum Gasteiger partial charge on any atom is 0.337 e. The molecule has 0 saturated heterocycles. The van der Waals surface area contributed by atoms with Gasteiger partial charge >= 0.3 is 5.97 Å². The molecule has 1 N–H and O–H groups in total. The number of anilines is 1. The van der Waals surface area contributed by atoms with E-state index in [-0.39, 0.29) is 12.5 Å². The lowest BCUT2D eigenvalue weighted by Crippen LogP contribution is -2.21. The van der Waals surface area contributed by atoms with Crippen LogP contribution in [0, 0.1) is 13.8 Å². The van der Waals surface area contributed by atoms with Crippen molar-refractivity contribution in [2.75, 3.05) is 19.0 Å². The number of hydrogen-bond donors (Lipinski definition) is 1. The summed E-state index contributed by atoms with van der Waals surface area (Å²) < 4.78 is 10.3. The number of nitrogens with one attached hydrogen (secondary N) is 1. The summed E-state index contributed by atoms with van der Waals surface area (Å²) >= 11 is 1.59. The number of nitrogens with zero attached hydrogens (tertiary/aromatic N) is 1. The number of amides is 1. The van der Waals surface area contributed by atoms with Gasteiger partial charge in [-0.15, -0.1) is 11.3 Å². The molecule has 0 fully saturated rings. The molecule has 0 aliphatic rings. The Morgan fingerprint density at radius 3 is 2.50 bits per heavy atom. The van der Waals surface area contributed by atoms with Gasteiger partial charge in [0.05, 0.1) is 12.7 Å². The summed E-state index contributed by atoms with van der Waals surface area (Å²) in [4.78, 5) is 28.3. The molecular weight excluding hydrogens is 376 g/mol. The number of carbonyl (C=O) groups excluding carboxylic acids is 2. The molecule has 7 heteroatoms. The molecule has 0 saturated carbocycles. The van der Waals surface area contributed by atoms with Crippen molar-refractivity contribution in [1.82, 2.24) is 4.98 Å². The average Bonchev–Trinajstić information content (AvgIpc) is 3.14. The highest BCUT2D eigenvalue weighted by atomic mass is 32.1. The number of methoxy groups -OCH3 is 1. The van der Waals surface area contributed by atoms with Gasteiger partial charge in [-0.1, -0.05) is 6.07 Å². The van der Waals surface area contributed by atoms with Crippen LogP contribution in [0.5, 0.6) is 5.75 Å². The van der Waals surface area contributed by atoms with Gasteiger partial charge in [0.15, 0.2) is 6.61 Å². The van der Waals surface area contributed by atoms with Gasteiger partial charge in [0.1, 0.15) is 10.8 Å². The lowest BCUT2D eigenvalue weighted by atomic mass is 10.1. The molecule has 0 unspecified atom stereocenters. The number of ether oxygens (including phenoxy) is 2. The van der Waals surface area contributed by atoms with E-state index in [4.69, 9.17) is 9.47 Å². The Bertz CT molecular complexity index is 996. The molecule has 0 atom stereocenters. The Kier molecular flexibility index (Phi) is 6.06. The largest absolute Gasteiger partial charge is 0.484 e. The van der Waals surface area contributed by atoms with Crippen LogP contribution in [-0.4, -0.2) is 30.6 Å². The van der Waals surface area contributed by atoms with Crippen LogP contribution in [0.2, 0.25) is 0 Å². The smallest absolute Gasteiger partial charge is 0.337 e. The minimum absolute atomic E-state index is 0.141. The van der Waals surface area contributed by atoms with Crippen LogP contribution in [0.3, 0.4) is 0 Å². The molecule has 3 aromatic rings. The van der Waals surface area contributed by atoms with Gasteiger partial charge in [-0.25, -0.2) is 9.78 Å². The maximum absolute atomic E-state index is 12.2. The van der Waals surface area contributed by atoms with E-state index in [9.17, 15) is 9.59 Å². The van der Waals surface area contributed by atoms with Crippen molar-refractivity contribution >= 4 is 28.9 Å². The third-order valence-electron chi connectivity index (χ3n) is 4.02. The Labute approximate surface area is 167 Å². The van der Waals surface area contributed by atoms with Gasteiger partial charge in [-0.2, -0.15) is 0 Å². The molecule has 144 valence electrons.